The molecule has 3 heteroatoms. The summed E-state index contributed by atoms with van der Waals surface area (Å²) in [6, 6.07) is 0. The third kappa shape index (κ3) is 2.11. The minimum atomic E-state index is -0.0846. The molecule has 4 rings (SSSR count). The summed E-state index contributed by atoms with van der Waals surface area (Å²) >= 11 is 0. The molecule has 0 bridgehead atoms. The molecule has 0 aliphatic heterocycles. The van der Waals surface area contributed by atoms with Crippen molar-refractivity contribution in [1.82, 2.24) is 0 Å². The van der Waals surface area contributed by atoms with Crippen LogP contribution in [-0.4, -0.2) is 17.1 Å². The second kappa shape index (κ2) is 5.15. The van der Waals surface area contributed by atoms with E-state index in [1.54, 1.807) is 6.92 Å². The largest absolute Gasteiger partial charge is 0.325 e. The Morgan fingerprint density at radius 1 is 1.13 bits per heavy atom. The minimum Gasteiger partial charge on any atom is -0.325 e. The summed E-state index contributed by atoms with van der Waals surface area (Å²) in [5, 5.41) is 0. The highest BCUT2D eigenvalue weighted by atomic mass is 16.1. The van der Waals surface area contributed by atoms with Gasteiger partial charge in [0.15, 0.2) is 0 Å². The van der Waals surface area contributed by atoms with Crippen molar-refractivity contribution in [2.45, 2.75) is 77.2 Å². The van der Waals surface area contributed by atoms with E-state index in [9.17, 15) is 9.59 Å². The summed E-state index contributed by atoms with van der Waals surface area (Å²) in [7, 11) is 0. The van der Waals surface area contributed by atoms with Gasteiger partial charge in [0.2, 0.25) is 0 Å². The van der Waals surface area contributed by atoms with Crippen LogP contribution in [0.5, 0.6) is 0 Å². The predicted molar refractivity (Wildman–Crippen MR) is 89.7 cm³/mol. The Hall–Kier alpha value is -0.700. The van der Waals surface area contributed by atoms with Crippen molar-refractivity contribution in [2.24, 2.45) is 40.7 Å². The van der Waals surface area contributed by atoms with E-state index in [4.69, 9.17) is 5.73 Å². The van der Waals surface area contributed by atoms with Gasteiger partial charge in [-0.05, 0) is 81.0 Å². The zero-order valence-electron chi connectivity index (χ0n) is 14.6. The van der Waals surface area contributed by atoms with Crippen LogP contribution in [0, 0.1) is 35.0 Å². The average Bonchev–Trinajstić information content (AvgIpc) is 2.85. The number of carbonyl (C=O) groups excluding carboxylic acids is 2. The van der Waals surface area contributed by atoms with E-state index in [0.717, 1.165) is 51.4 Å². The van der Waals surface area contributed by atoms with Gasteiger partial charge in [-0.2, -0.15) is 0 Å². The molecule has 0 amide bonds. The van der Waals surface area contributed by atoms with Crippen LogP contribution < -0.4 is 5.73 Å². The fraction of sp³-hybridized carbons (Fsp3) is 0.900. The molecule has 0 aromatic rings. The molecule has 0 spiro atoms. The summed E-state index contributed by atoms with van der Waals surface area (Å²) < 4.78 is 0. The second-order valence-corrected chi connectivity index (χ2v) is 9.30. The quantitative estimate of drug-likeness (QED) is 0.805. The lowest BCUT2D eigenvalue weighted by atomic mass is 9.46. The van der Waals surface area contributed by atoms with Crippen molar-refractivity contribution >= 4 is 11.6 Å². The van der Waals surface area contributed by atoms with Gasteiger partial charge >= 0.3 is 0 Å². The summed E-state index contributed by atoms with van der Waals surface area (Å²) in [4.78, 5) is 24.0. The Morgan fingerprint density at radius 2 is 1.91 bits per heavy atom. The number of rotatable bonds is 1. The standard InChI is InChI=1S/C20H31NO2/c1-12(22)16-5-6-18-19(16,2)9-8-17-15-4-3-14(23)11-13(15)7-10-20(17,18)21/h13,15-18H,3-11,21H2,1-2H3/t13?,15?,16-,17?,18-,19?,20?/m1/s1. The first kappa shape index (κ1) is 15.8. The number of fused-ring (bicyclic) bond motifs is 5. The summed E-state index contributed by atoms with van der Waals surface area (Å²) in [5.41, 5.74) is 7.18. The molecule has 0 heterocycles. The normalized spacial score (nSPS) is 52.5. The number of hydrogen-bond acceptors (Lipinski definition) is 3. The number of hydrogen-bond donors (Lipinski definition) is 1. The van der Waals surface area contributed by atoms with Crippen LogP contribution in [0.4, 0.5) is 0 Å². The van der Waals surface area contributed by atoms with Gasteiger partial charge in [0, 0.05) is 24.3 Å². The number of nitrogens with two attached hydrogens (primary N) is 1. The topological polar surface area (TPSA) is 60.2 Å². The van der Waals surface area contributed by atoms with Crippen LogP contribution in [0.1, 0.15) is 71.6 Å². The highest BCUT2D eigenvalue weighted by Gasteiger charge is 2.63. The van der Waals surface area contributed by atoms with Gasteiger partial charge in [-0.25, -0.2) is 0 Å². The zero-order chi connectivity index (χ0) is 16.4. The Kier molecular flexibility index (Phi) is 3.54. The van der Waals surface area contributed by atoms with Crippen molar-refractivity contribution < 1.29 is 9.59 Å². The van der Waals surface area contributed by atoms with E-state index in [1.165, 1.54) is 6.42 Å². The molecule has 4 saturated carbocycles. The maximum Gasteiger partial charge on any atom is 0.133 e. The molecule has 0 aromatic heterocycles. The van der Waals surface area contributed by atoms with Crippen LogP contribution in [0.2, 0.25) is 0 Å². The molecule has 0 saturated heterocycles. The molecule has 23 heavy (non-hydrogen) atoms. The van der Waals surface area contributed by atoms with Gasteiger partial charge in [-0.3, -0.25) is 9.59 Å². The number of Topliss-reactive ketones (excluding diaryl/α,β-unsaturated/α-hetero) is 2. The molecule has 7 atom stereocenters. The highest BCUT2D eigenvalue weighted by molar-refractivity contribution is 5.80. The summed E-state index contributed by atoms with van der Waals surface area (Å²) in [5.74, 6) is 3.39. The SMILES string of the molecule is CC(=O)[C@H]1CC[C@H]2C3(N)CCC4CC(=O)CCC4C3CCC12C. The Labute approximate surface area is 139 Å². The molecular formula is C20H31NO2. The van der Waals surface area contributed by atoms with Crippen LogP contribution >= 0.6 is 0 Å². The van der Waals surface area contributed by atoms with Crippen molar-refractivity contribution in [3.05, 3.63) is 0 Å². The van der Waals surface area contributed by atoms with Crippen LogP contribution in [0.3, 0.4) is 0 Å². The Bertz CT molecular complexity index is 544. The third-order valence-electron chi connectivity index (χ3n) is 8.48. The van der Waals surface area contributed by atoms with Crippen molar-refractivity contribution in [3.8, 4) is 0 Å². The molecule has 3 nitrogen and oxygen atoms in total. The molecule has 4 fully saturated rings. The van der Waals surface area contributed by atoms with Crippen LogP contribution in [0.15, 0.2) is 0 Å². The molecule has 4 aliphatic carbocycles. The van der Waals surface area contributed by atoms with Crippen LogP contribution in [0.25, 0.3) is 0 Å². The minimum absolute atomic E-state index is 0.0846. The molecule has 0 aromatic carbocycles. The maximum absolute atomic E-state index is 12.2. The number of carbonyl (C=O) groups is 2. The van der Waals surface area contributed by atoms with Gasteiger partial charge in [0.25, 0.3) is 0 Å². The van der Waals surface area contributed by atoms with Crippen molar-refractivity contribution in [3.63, 3.8) is 0 Å². The molecular weight excluding hydrogens is 286 g/mol. The molecule has 5 unspecified atom stereocenters. The first-order chi connectivity index (χ1) is 10.9. The fourth-order valence-corrected chi connectivity index (χ4v) is 7.49. The van der Waals surface area contributed by atoms with Gasteiger partial charge < -0.3 is 5.73 Å². The third-order valence-corrected chi connectivity index (χ3v) is 8.48. The first-order valence-corrected chi connectivity index (χ1v) is 9.67. The van der Waals surface area contributed by atoms with Crippen LogP contribution in [-0.2, 0) is 9.59 Å². The van der Waals surface area contributed by atoms with Gasteiger partial charge in [0.05, 0.1) is 0 Å². The average molecular weight is 317 g/mol. The van der Waals surface area contributed by atoms with Crippen molar-refractivity contribution in [2.75, 3.05) is 0 Å². The first-order valence-electron chi connectivity index (χ1n) is 9.67. The van der Waals surface area contributed by atoms with E-state index in [1.807, 2.05) is 0 Å². The highest BCUT2D eigenvalue weighted by Crippen LogP contribution is 2.64. The van der Waals surface area contributed by atoms with E-state index in [2.05, 4.69) is 6.92 Å². The van der Waals surface area contributed by atoms with E-state index in [-0.39, 0.29) is 16.9 Å². The Morgan fingerprint density at radius 3 is 2.65 bits per heavy atom. The van der Waals surface area contributed by atoms with Gasteiger partial charge in [-0.15, -0.1) is 0 Å². The lowest BCUT2D eigenvalue weighted by molar-refractivity contribution is -0.134. The van der Waals surface area contributed by atoms with E-state index in [0.29, 0.717) is 35.2 Å². The lowest BCUT2D eigenvalue weighted by Gasteiger charge is -2.61. The molecule has 0 radical (unpaired) electrons. The molecule has 4 aliphatic rings. The lowest BCUT2D eigenvalue weighted by Crippen LogP contribution is -2.65. The molecule has 2 N–H and O–H groups in total. The summed E-state index contributed by atoms with van der Waals surface area (Å²) in [6.07, 6.45) is 9.32. The Balaban J connectivity index is 1.64. The zero-order valence-corrected chi connectivity index (χ0v) is 14.6. The maximum atomic E-state index is 12.2. The predicted octanol–water partition coefficient (Wildman–Crippen LogP) is 3.49. The fourth-order valence-electron chi connectivity index (χ4n) is 7.49. The van der Waals surface area contributed by atoms with Gasteiger partial charge in [0.1, 0.15) is 11.6 Å². The van der Waals surface area contributed by atoms with Gasteiger partial charge in [-0.1, -0.05) is 6.92 Å². The number of ketones is 2. The monoisotopic (exact) mass is 317 g/mol. The summed E-state index contributed by atoms with van der Waals surface area (Å²) in [6.45, 7) is 4.12. The smallest absolute Gasteiger partial charge is 0.133 e. The van der Waals surface area contributed by atoms with Crippen molar-refractivity contribution in [1.29, 1.82) is 0 Å². The molecule has 128 valence electrons. The van der Waals surface area contributed by atoms with E-state index >= 15 is 0 Å². The second-order valence-electron chi connectivity index (χ2n) is 9.30. The van der Waals surface area contributed by atoms with E-state index < -0.39 is 0 Å².